The van der Waals surface area contributed by atoms with Gasteiger partial charge in [0.05, 0.1) is 21.9 Å². The zero-order valence-corrected chi connectivity index (χ0v) is 16.1. The molecule has 0 aliphatic heterocycles. The highest BCUT2D eigenvalue weighted by Crippen LogP contribution is 2.27. The Labute approximate surface area is 157 Å². The largest absolute Gasteiger partial charge is 0.268 e. The first-order valence-corrected chi connectivity index (χ1v) is 10.6. The van der Waals surface area contributed by atoms with E-state index in [1.54, 1.807) is 12.1 Å². The Balaban J connectivity index is 2.09. The first-order chi connectivity index (χ1) is 12.2. The summed E-state index contributed by atoms with van der Waals surface area (Å²) in [5, 5.41) is -0.340. The Morgan fingerprint density at radius 2 is 1.88 bits per heavy atom. The lowest BCUT2D eigenvalue weighted by atomic mass is 10.2. The minimum Gasteiger partial charge on any atom is -0.253 e. The van der Waals surface area contributed by atoms with E-state index in [-0.39, 0.29) is 26.5 Å². The van der Waals surface area contributed by atoms with Crippen molar-refractivity contribution < 1.29 is 17.0 Å². The van der Waals surface area contributed by atoms with Crippen molar-refractivity contribution in [3.63, 3.8) is 0 Å². The van der Waals surface area contributed by atoms with E-state index in [2.05, 4.69) is 9.97 Å². The van der Waals surface area contributed by atoms with Crippen LogP contribution >= 0.6 is 11.6 Å². The molecule has 1 unspecified atom stereocenters. The van der Waals surface area contributed by atoms with Crippen molar-refractivity contribution in [2.75, 3.05) is 6.26 Å². The zero-order chi connectivity index (χ0) is 19.1. The fraction of sp³-hybridized carbons (Fsp3) is 0.125. The fourth-order valence-corrected chi connectivity index (χ4v) is 4.46. The monoisotopic (exact) mass is 413 g/mol. The van der Waals surface area contributed by atoms with Crippen LogP contribution < -0.4 is 0 Å². The topological polar surface area (TPSA) is 81.9 Å². The van der Waals surface area contributed by atoms with E-state index < -0.39 is 26.6 Å². The molecule has 0 fully saturated rings. The van der Waals surface area contributed by atoms with E-state index in [0.29, 0.717) is 0 Å². The Bertz CT molecular complexity index is 1110. The average molecular weight is 414 g/mol. The Hall–Kier alpha value is -2.10. The summed E-state index contributed by atoms with van der Waals surface area (Å²) in [6, 6.07) is 7.66. The van der Waals surface area contributed by atoms with Crippen LogP contribution in [0.1, 0.15) is 5.56 Å². The van der Waals surface area contributed by atoms with Crippen molar-refractivity contribution >= 4 is 32.4 Å². The van der Waals surface area contributed by atoms with Gasteiger partial charge < -0.3 is 0 Å². The highest BCUT2D eigenvalue weighted by atomic mass is 35.5. The Morgan fingerprint density at radius 3 is 2.50 bits per heavy atom. The van der Waals surface area contributed by atoms with E-state index in [4.69, 9.17) is 11.6 Å². The van der Waals surface area contributed by atoms with Crippen molar-refractivity contribution in [1.82, 2.24) is 13.9 Å². The van der Waals surface area contributed by atoms with Crippen LogP contribution in [0.25, 0.3) is 11.4 Å². The summed E-state index contributed by atoms with van der Waals surface area (Å²) < 4.78 is 51.6. The van der Waals surface area contributed by atoms with Crippen molar-refractivity contribution in [1.29, 1.82) is 0 Å². The van der Waals surface area contributed by atoms with E-state index in [1.807, 2.05) is 6.92 Å². The number of aryl methyl sites for hydroxylation is 1. The standard InChI is InChI=1S/C16H13ClFN3O3S2/c1-10-3-5-12(6-4-10)26(23,24)21-9-11(7-14(21)17)15-19-8-13(18)16(20-15)25(2)22/h3-9H,1-2H3. The van der Waals surface area contributed by atoms with Gasteiger partial charge in [0.15, 0.2) is 16.7 Å². The molecule has 26 heavy (non-hydrogen) atoms. The number of hydrogen-bond acceptors (Lipinski definition) is 5. The summed E-state index contributed by atoms with van der Waals surface area (Å²) in [4.78, 5) is 7.81. The van der Waals surface area contributed by atoms with Crippen LogP contribution in [-0.2, 0) is 20.8 Å². The van der Waals surface area contributed by atoms with Crippen LogP contribution in [0.15, 0.2) is 52.6 Å². The summed E-state index contributed by atoms with van der Waals surface area (Å²) in [6.45, 7) is 1.85. The quantitative estimate of drug-likeness (QED) is 0.614. The van der Waals surface area contributed by atoms with Gasteiger partial charge >= 0.3 is 0 Å². The van der Waals surface area contributed by atoms with Gasteiger partial charge in [0.25, 0.3) is 10.0 Å². The maximum atomic E-state index is 13.6. The number of rotatable bonds is 4. The third kappa shape index (κ3) is 3.42. The lowest BCUT2D eigenvalue weighted by Crippen LogP contribution is -2.12. The molecule has 1 aromatic carbocycles. The number of nitrogens with zero attached hydrogens (tertiary/aromatic N) is 3. The first kappa shape index (κ1) is 18.7. The Morgan fingerprint density at radius 1 is 1.23 bits per heavy atom. The summed E-state index contributed by atoms with van der Waals surface area (Å²) in [5.41, 5.74) is 1.18. The maximum absolute atomic E-state index is 13.6. The molecule has 2 aromatic heterocycles. The van der Waals surface area contributed by atoms with Gasteiger partial charge in [-0.05, 0) is 25.1 Å². The highest BCUT2D eigenvalue weighted by Gasteiger charge is 2.22. The molecule has 136 valence electrons. The van der Waals surface area contributed by atoms with Gasteiger partial charge in [-0.15, -0.1) is 0 Å². The van der Waals surface area contributed by atoms with Gasteiger partial charge in [0.1, 0.15) is 5.15 Å². The van der Waals surface area contributed by atoms with Gasteiger partial charge in [-0.1, -0.05) is 29.3 Å². The molecule has 3 aromatic rings. The summed E-state index contributed by atoms with van der Waals surface area (Å²) >= 11 is 6.09. The van der Waals surface area contributed by atoms with E-state index in [0.717, 1.165) is 15.7 Å². The molecule has 0 saturated heterocycles. The second-order valence-corrected chi connectivity index (χ2v) is 8.96. The lowest BCUT2D eigenvalue weighted by molar-refractivity contribution is 0.573. The summed E-state index contributed by atoms with van der Waals surface area (Å²) in [7, 11) is -5.57. The van der Waals surface area contributed by atoms with Crippen LogP contribution in [0.2, 0.25) is 5.15 Å². The molecule has 0 N–H and O–H groups in total. The second kappa shape index (κ2) is 6.90. The molecule has 0 bridgehead atoms. The predicted molar refractivity (Wildman–Crippen MR) is 96.5 cm³/mol. The molecule has 0 aliphatic rings. The highest BCUT2D eigenvalue weighted by molar-refractivity contribution is 7.90. The van der Waals surface area contributed by atoms with E-state index in [1.165, 1.54) is 30.7 Å². The first-order valence-electron chi connectivity index (χ1n) is 7.26. The molecule has 0 saturated carbocycles. The third-order valence-electron chi connectivity index (χ3n) is 3.56. The number of benzene rings is 1. The fourth-order valence-electron chi connectivity index (χ4n) is 2.24. The molecular formula is C16H13ClFN3O3S2. The van der Waals surface area contributed by atoms with E-state index >= 15 is 0 Å². The molecule has 0 spiro atoms. The average Bonchev–Trinajstić information content (AvgIpc) is 2.98. The molecule has 0 aliphatic carbocycles. The predicted octanol–water partition coefficient (Wildman–Crippen LogP) is 3.02. The van der Waals surface area contributed by atoms with E-state index in [9.17, 15) is 17.0 Å². The van der Waals surface area contributed by atoms with Crippen molar-refractivity contribution in [2.45, 2.75) is 16.8 Å². The van der Waals surface area contributed by atoms with Crippen molar-refractivity contribution in [3.05, 3.63) is 59.3 Å². The molecule has 2 heterocycles. The maximum Gasteiger partial charge on any atom is 0.268 e. The molecule has 10 heteroatoms. The van der Waals surface area contributed by atoms with Gasteiger partial charge in [-0.25, -0.2) is 26.7 Å². The van der Waals surface area contributed by atoms with Gasteiger partial charge in [-0.2, -0.15) is 0 Å². The van der Waals surface area contributed by atoms with Gasteiger partial charge in [-0.3, -0.25) is 4.21 Å². The van der Waals surface area contributed by atoms with Crippen LogP contribution in [0.4, 0.5) is 4.39 Å². The van der Waals surface area contributed by atoms with Crippen LogP contribution in [0.5, 0.6) is 0 Å². The lowest BCUT2D eigenvalue weighted by Gasteiger charge is -2.07. The third-order valence-corrected chi connectivity index (χ3v) is 6.47. The number of hydrogen-bond donors (Lipinski definition) is 0. The van der Waals surface area contributed by atoms with Crippen molar-refractivity contribution in [3.8, 4) is 11.4 Å². The normalized spacial score (nSPS) is 12.9. The molecular weight excluding hydrogens is 401 g/mol. The second-order valence-electron chi connectivity index (χ2n) is 5.47. The zero-order valence-electron chi connectivity index (χ0n) is 13.7. The molecule has 1 atom stereocenters. The summed E-state index contributed by atoms with van der Waals surface area (Å²) in [5.74, 6) is -0.774. The van der Waals surface area contributed by atoms with Crippen LogP contribution in [0, 0.1) is 12.7 Å². The van der Waals surface area contributed by atoms with Gasteiger partial charge in [0.2, 0.25) is 0 Å². The van der Waals surface area contributed by atoms with Gasteiger partial charge in [0, 0.05) is 18.0 Å². The summed E-state index contributed by atoms with van der Waals surface area (Å²) in [6.07, 6.45) is 3.42. The van der Waals surface area contributed by atoms with Crippen LogP contribution in [-0.4, -0.2) is 32.8 Å². The Kier molecular flexibility index (Phi) is 4.96. The number of aromatic nitrogens is 3. The SMILES string of the molecule is Cc1ccc(S(=O)(=O)n2cc(-c3ncc(F)c(S(C)=O)n3)cc2Cl)cc1. The van der Waals surface area contributed by atoms with Crippen molar-refractivity contribution in [2.24, 2.45) is 0 Å². The minimum absolute atomic E-state index is 0.0244. The molecule has 0 amide bonds. The van der Waals surface area contributed by atoms with Crippen LogP contribution in [0.3, 0.4) is 0 Å². The minimum atomic E-state index is -3.91. The number of halogens is 2. The molecule has 3 rings (SSSR count). The molecule has 6 nitrogen and oxygen atoms in total. The smallest absolute Gasteiger partial charge is 0.253 e. The molecule has 0 radical (unpaired) electrons.